The molecule has 228 valence electrons. The Hall–Kier alpha value is -4.57. The number of hydrogen-bond acceptors (Lipinski definition) is 7. The highest BCUT2D eigenvalue weighted by Gasteiger charge is 2.28. The highest BCUT2D eigenvalue weighted by molar-refractivity contribution is 6.36. The van der Waals surface area contributed by atoms with E-state index in [-0.39, 0.29) is 5.69 Å². The van der Waals surface area contributed by atoms with E-state index in [4.69, 9.17) is 32.6 Å². The van der Waals surface area contributed by atoms with Crippen molar-refractivity contribution in [3.63, 3.8) is 0 Å². The quantitative estimate of drug-likeness (QED) is 0.165. The maximum Gasteiger partial charge on any atom is 0.320 e. The molecule has 1 unspecified atom stereocenters. The average molecular weight is 644 g/mol. The topological polar surface area (TPSA) is 126 Å². The van der Waals surface area contributed by atoms with E-state index in [2.05, 4.69) is 10.3 Å². The Labute approximate surface area is 268 Å². The first-order valence-corrected chi connectivity index (χ1v) is 15.2. The molecule has 1 atom stereocenters. The monoisotopic (exact) mass is 642 g/mol. The molecule has 9 nitrogen and oxygen atoms in total. The number of likely N-dealkylation sites (tertiary alicyclic amines) is 1. The summed E-state index contributed by atoms with van der Waals surface area (Å²) >= 11 is 13.5. The lowest BCUT2D eigenvalue weighted by Gasteiger charge is -2.32. The lowest BCUT2D eigenvalue weighted by Crippen LogP contribution is -2.43. The number of carboxylic acid groups (broad SMARTS) is 1. The number of amides is 1. The molecule has 0 aliphatic carbocycles. The van der Waals surface area contributed by atoms with E-state index in [1.54, 1.807) is 18.2 Å². The molecule has 0 saturated carbocycles. The van der Waals surface area contributed by atoms with Crippen molar-refractivity contribution in [1.82, 2.24) is 14.9 Å². The van der Waals surface area contributed by atoms with Crippen LogP contribution in [0.3, 0.4) is 0 Å². The second-order valence-corrected chi connectivity index (χ2v) is 11.7. The van der Waals surface area contributed by atoms with Gasteiger partial charge in [0.1, 0.15) is 17.3 Å². The molecule has 5 aromatic rings. The van der Waals surface area contributed by atoms with E-state index in [1.165, 1.54) is 18.3 Å². The van der Waals surface area contributed by atoms with Crippen molar-refractivity contribution in [2.75, 3.05) is 11.9 Å². The number of benzene rings is 3. The third kappa shape index (κ3) is 6.20. The van der Waals surface area contributed by atoms with E-state index >= 15 is 0 Å². The molecular weight excluding hydrogens is 615 g/mol. The number of nitrogens with one attached hydrogen (secondary N) is 1. The Morgan fingerprint density at radius 2 is 1.84 bits per heavy atom. The van der Waals surface area contributed by atoms with Crippen LogP contribution in [0.4, 0.5) is 5.69 Å². The van der Waals surface area contributed by atoms with Gasteiger partial charge < -0.3 is 14.8 Å². The molecule has 0 radical (unpaired) electrons. The smallest absolute Gasteiger partial charge is 0.320 e. The number of aromatic nitrogens is 2. The number of piperidine rings is 1. The molecule has 0 spiro atoms. The summed E-state index contributed by atoms with van der Waals surface area (Å²) in [4.78, 5) is 46.3. The maximum absolute atomic E-state index is 12.8. The SMILES string of the molecule is Cc1c(-c2nc3cc(CN4CCCCC4C(=O)O)cc(Cl)c3o2)cccc1-c1cccc(NC(=O)c2ccc(C=O)cn2)c1Cl. The lowest BCUT2D eigenvalue weighted by molar-refractivity contribution is -0.144. The van der Waals surface area contributed by atoms with Crippen molar-refractivity contribution < 1.29 is 23.9 Å². The highest BCUT2D eigenvalue weighted by Crippen LogP contribution is 2.39. The van der Waals surface area contributed by atoms with Gasteiger partial charge in [0, 0.05) is 29.4 Å². The Morgan fingerprint density at radius 1 is 1.07 bits per heavy atom. The number of rotatable bonds is 8. The van der Waals surface area contributed by atoms with Crippen LogP contribution in [0, 0.1) is 6.92 Å². The van der Waals surface area contributed by atoms with Crippen molar-refractivity contribution in [1.29, 1.82) is 0 Å². The highest BCUT2D eigenvalue weighted by atomic mass is 35.5. The largest absolute Gasteiger partial charge is 0.480 e. The molecule has 45 heavy (non-hydrogen) atoms. The second-order valence-electron chi connectivity index (χ2n) is 11.0. The van der Waals surface area contributed by atoms with Crippen LogP contribution in [0.5, 0.6) is 0 Å². The fourth-order valence-electron chi connectivity index (χ4n) is 5.74. The Balaban J connectivity index is 1.29. The molecule has 0 bridgehead atoms. The Morgan fingerprint density at radius 3 is 2.60 bits per heavy atom. The predicted molar refractivity (Wildman–Crippen MR) is 173 cm³/mol. The number of carboxylic acids is 1. The van der Waals surface area contributed by atoms with E-state index in [1.807, 2.05) is 42.2 Å². The zero-order chi connectivity index (χ0) is 31.7. The Bertz CT molecular complexity index is 1940. The number of nitrogens with zero attached hydrogens (tertiary/aromatic N) is 3. The summed E-state index contributed by atoms with van der Waals surface area (Å²) in [7, 11) is 0. The number of anilines is 1. The lowest BCUT2D eigenvalue weighted by atomic mass is 9.96. The molecule has 2 aromatic heterocycles. The minimum absolute atomic E-state index is 0.149. The van der Waals surface area contributed by atoms with Crippen molar-refractivity contribution in [2.24, 2.45) is 0 Å². The number of fused-ring (bicyclic) bond motifs is 1. The molecule has 3 heterocycles. The minimum atomic E-state index is -0.809. The van der Waals surface area contributed by atoms with Crippen LogP contribution in [0.1, 0.15) is 51.2 Å². The summed E-state index contributed by atoms with van der Waals surface area (Å²) in [5.41, 5.74) is 5.94. The second kappa shape index (κ2) is 12.8. The number of pyridine rings is 1. The van der Waals surface area contributed by atoms with E-state index in [0.29, 0.717) is 69.6 Å². The van der Waals surface area contributed by atoms with Gasteiger partial charge in [0.15, 0.2) is 11.9 Å². The van der Waals surface area contributed by atoms with E-state index < -0.39 is 17.9 Å². The number of hydrogen-bond donors (Lipinski definition) is 2. The summed E-state index contributed by atoms with van der Waals surface area (Å²) in [6, 6.07) is 17.2. The number of oxazole rings is 1. The van der Waals surface area contributed by atoms with Gasteiger partial charge in [0.25, 0.3) is 5.91 Å². The van der Waals surface area contributed by atoms with Crippen LogP contribution in [-0.4, -0.2) is 50.7 Å². The van der Waals surface area contributed by atoms with Crippen molar-refractivity contribution in [3.8, 4) is 22.6 Å². The van der Waals surface area contributed by atoms with Gasteiger partial charge in [-0.2, -0.15) is 0 Å². The maximum atomic E-state index is 12.8. The fourth-order valence-corrected chi connectivity index (χ4v) is 6.29. The summed E-state index contributed by atoms with van der Waals surface area (Å²) in [6.45, 7) is 3.10. The molecule has 1 aliphatic rings. The van der Waals surface area contributed by atoms with Crippen LogP contribution in [0.2, 0.25) is 10.0 Å². The van der Waals surface area contributed by atoms with Gasteiger partial charge in [-0.15, -0.1) is 0 Å². The fraction of sp³-hybridized carbons (Fsp3) is 0.206. The first-order chi connectivity index (χ1) is 21.7. The normalized spacial score (nSPS) is 15.2. The summed E-state index contributed by atoms with van der Waals surface area (Å²) < 4.78 is 6.16. The van der Waals surface area contributed by atoms with Crippen LogP contribution >= 0.6 is 23.2 Å². The van der Waals surface area contributed by atoms with E-state index in [0.717, 1.165) is 35.1 Å². The van der Waals surface area contributed by atoms with Gasteiger partial charge in [-0.25, -0.2) is 4.98 Å². The number of aliphatic carboxylic acids is 1. The number of carbonyl (C=O) groups is 3. The molecule has 1 saturated heterocycles. The minimum Gasteiger partial charge on any atom is -0.480 e. The van der Waals surface area contributed by atoms with Crippen molar-refractivity contribution >= 4 is 58.2 Å². The zero-order valence-electron chi connectivity index (χ0n) is 24.2. The van der Waals surface area contributed by atoms with Gasteiger partial charge in [-0.3, -0.25) is 24.3 Å². The number of carbonyl (C=O) groups excluding carboxylic acids is 2. The first kappa shape index (κ1) is 30.5. The average Bonchev–Trinajstić information content (AvgIpc) is 3.47. The standard InChI is InChI=1S/C34H28Cl2N4O5/c1-19-22(24-8-5-9-26(30(24)36)38-32(42)27-12-11-20(18-41)16-37-27)6-4-7-23(19)33-39-28-15-21(14-25(35)31(28)45-33)17-40-13-3-2-10-29(40)34(43)44/h4-9,11-12,14-16,18,29H,2-3,10,13,17H2,1H3,(H,38,42)(H,43,44). The van der Waals surface area contributed by atoms with Crippen LogP contribution in [0.25, 0.3) is 33.7 Å². The van der Waals surface area contributed by atoms with Crippen LogP contribution in [0.15, 0.2) is 71.3 Å². The van der Waals surface area contributed by atoms with Gasteiger partial charge >= 0.3 is 5.97 Å². The molecule has 2 N–H and O–H groups in total. The summed E-state index contributed by atoms with van der Waals surface area (Å²) in [6.07, 6.45) is 4.47. The van der Waals surface area contributed by atoms with Gasteiger partial charge in [-0.05, 0) is 79.4 Å². The molecule has 3 aromatic carbocycles. The van der Waals surface area contributed by atoms with Crippen LogP contribution < -0.4 is 5.32 Å². The third-order valence-electron chi connectivity index (χ3n) is 8.05. The molecule has 6 rings (SSSR count). The predicted octanol–water partition coefficient (Wildman–Crippen LogP) is 7.68. The Kier molecular flexibility index (Phi) is 8.67. The summed E-state index contributed by atoms with van der Waals surface area (Å²) in [5.74, 6) is -0.884. The van der Waals surface area contributed by atoms with Crippen molar-refractivity contribution in [3.05, 3.63) is 99.3 Å². The molecule has 11 heteroatoms. The van der Waals surface area contributed by atoms with Gasteiger partial charge in [0.05, 0.1) is 15.7 Å². The summed E-state index contributed by atoms with van der Waals surface area (Å²) in [5, 5.41) is 13.2. The first-order valence-electron chi connectivity index (χ1n) is 14.4. The van der Waals surface area contributed by atoms with Crippen molar-refractivity contribution in [2.45, 2.75) is 38.8 Å². The van der Waals surface area contributed by atoms with Crippen LogP contribution in [-0.2, 0) is 11.3 Å². The van der Waals surface area contributed by atoms with E-state index in [9.17, 15) is 19.5 Å². The molecular formula is C34H28Cl2N4O5. The zero-order valence-corrected chi connectivity index (χ0v) is 25.7. The molecule has 1 aliphatic heterocycles. The molecule has 1 fully saturated rings. The number of halogens is 2. The number of aldehydes is 1. The molecule has 1 amide bonds. The van der Waals surface area contributed by atoms with Gasteiger partial charge in [-0.1, -0.05) is 53.9 Å². The van der Waals surface area contributed by atoms with Gasteiger partial charge in [0.2, 0.25) is 5.89 Å². The third-order valence-corrected chi connectivity index (χ3v) is 8.73.